The summed E-state index contributed by atoms with van der Waals surface area (Å²) in [4.78, 5) is 18.7. The summed E-state index contributed by atoms with van der Waals surface area (Å²) in [6.07, 6.45) is 3.54. The number of aryl methyl sites for hydroxylation is 1. The highest BCUT2D eigenvalue weighted by Crippen LogP contribution is 2.24. The number of piperidine rings is 1. The van der Waals surface area contributed by atoms with Gasteiger partial charge in [0.2, 0.25) is 27.6 Å². The molecule has 1 fully saturated rings. The first-order chi connectivity index (χ1) is 13.2. The van der Waals surface area contributed by atoms with Crippen LogP contribution in [0.4, 0.5) is 0 Å². The first-order valence-electron chi connectivity index (χ1n) is 9.31. The Balaban J connectivity index is 1.61. The van der Waals surface area contributed by atoms with E-state index in [1.807, 2.05) is 31.2 Å². The fourth-order valence-corrected chi connectivity index (χ4v) is 3.73. The first kappa shape index (κ1) is 20.5. The summed E-state index contributed by atoms with van der Waals surface area (Å²) < 4.78 is 29.6. The summed E-state index contributed by atoms with van der Waals surface area (Å²) >= 11 is 0. The Labute approximate surface area is 165 Å². The third-order valence-electron chi connectivity index (χ3n) is 5.11. The van der Waals surface area contributed by atoms with Gasteiger partial charge < -0.3 is 9.42 Å². The van der Waals surface area contributed by atoms with Crippen LogP contribution in [-0.2, 0) is 21.2 Å². The zero-order valence-corrected chi connectivity index (χ0v) is 17.3. The van der Waals surface area contributed by atoms with Crippen molar-refractivity contribution in [3.63, 3.8) is 0 Å². The van der Waals surface area contributed by atoms with Crippen LogP contribution in [-0.4, -0.2) is 66.6 Å². The molecule has 0 unspecified atom stereocenters. The fourth-order valence-electron chi connectivity index (χ4n) is 3.38. The second-order valence-electron chi connectivity index (χ2n) is 7.40. The fraction of sp³-hybridized carbons (Fsp3) is 0.526. The van der Waals surface area contributed by atoms with E-state index in [9.17, 15) is 13.2 Å². The highest BCUT2D eigenvalue weighted by Gasteiger charge is 2.27. The predicted molar refractivity (Wildman–Crippen MR) is 105 cm³/mol. The van der Waals surface area contributed by atoms with Crippen LogP contribution in [0, 0.1) is 12.8 Å². The smallest absolute Gasteiger partial charge is 0.237 e. The van der Waals surface area contributed by atoms with Crippen LogP contribution >= 0.6 is 0 Å². The van der Waals surface area contributed by atoms with Gasteiger partial charge >= 0.3 is 0 Å². The van der Waals surface area contributed by atoms with E-state index in [-0.39, 0.29) is 18.4 Å². The average molecular weight is 407 g/mol. The summed E-state index contributed by atoms with van der Waals surface area (Å²) in [6, 6.07) is 7.87. The normalized spacial score (nSPS) is 17.9. The van der Waals surface area contributed by atoms with Gasteiger partial charge in [-0.2, -0.15) is 9.29 Å². The van der Waals surface area contributed by atoms with Crippen molar-refractivity contribution in [3.05, 3.63) is 35.7 Å². The summed E-state index contributed by atoms with van der Waals surface area (Å²) in [5.41, 5.74) is 2.03. The Bertz CT molecular complexity index is 941. The van der Waals surface area contributed by atoms with E-state index >= 15 is 0 Å². The standard InChI is InChI=1S/C19H26N4O4S/c1-14-7-4-5-9-16(14)19-20-17(27-21-19)11-15-8-6-10-23(12-15)18(24)13-22(2)28(3,25)26/h4-5,7,9,15H,6,8,10-13H2,1-3H3/t15-/m0/s1. The van der Waals surface area contributed by atoms with Crippen molar-refractivity contribution in [1.82, 2.24) is 19.3 Å². The van der Waals surface area contributed by atoms with Gasteiger partial charge in [0.05, 0.1) is 12.8 Å². The monoisotopic (exact) mass is 406 g/mol. The summed E-state index contributed by atoms with van der Waals surface area (Å²) in [7, 11) is -1.96. The number of benzene rings is 1. The highest BCUT2D eigenvalue weighted by atomic mass is 32.2. The van der Waals surface area contributed by atoms with Crippen LogP contribution < -0.4 is 0 Å². The molecule has 1 atom stereocenters. The van der Waals surface area contributed by atoms with Crippen molar-refractivity contribution < 1.29 is 17.7 Å². The van der Waals surface area contributed by atoms with E-state index in [4.69, 9.17) is 4.52 Å². The van der Waals surface area contributed by atoms with Crippen molar-refractivity contribution in [2.75, 3.05) is 32.9 Å². The molecular weight excluding hydrogens is 380 g/mol. The number of sulfonamides is 1. The van der Waals surface area contributed by atoms with E-state index in [0.29, 0.717) is 31.2 Å². The minimum atomic E-state index is -3.37. The third-order valence-corrected chi connectivity index (χ3v) is 6.37. The van der Waals surface area contributed by atoms with Gasteiger partial charge in [-0.15, -0.1) is 0 Å². The highest BCUT2D eigenvalue weighted by molar-refractivity contribution is 7.88. The maximum Gasteiger partial charge on any atom is 0.237 e. The van der Waals surface area contributed by atoms with Crippen molar-refractivity contribution in [3.8, 4) is 11.4 Å². The second-order valence-corrected chi connectivity index (χ2v) is 9.49. The number of hydrogen-bond acceptors (Lipinski definition) is 6. The number of likely N-dealkylation sites (tertiary alicyclic amines) is 1. The number of likely N-dealkylation sites (N-methyl/N-ethyl adjacent to an activating group) is 1. The lowest BCUT2D eigenvalue weighted by atomic mass is 9.94. The van der Waals surface area contributed by atoms with Crippen LogP contribution in [0.5, 0.6) is 0 Å². The molecule has 0 N–H and O–H groups in total. The van der Waals surface area contributed by atoms with Gasteiger partial charge in [-0.05, 0) is 31.2 Å². The molecule has 1 amide bonds. The zero-order chi connectivity index (χ0) is 20.3. The molecule has 0 spiro atoms. The Morgan fingerprint density at radius 2 is 2.11 bits per heavy atom. The Morgan fingerprint density at radius 3 is 2.82 bits per heavy atom. The Hall–Kier alpha value is -2.26. The molecule has 1 saturated heterocycles. The predicted octanol–water partition coefficient (Wildman–Crippen LogP) is 1.72. The summed E-state index contributed by atoms with van der Waals surface area (Å²) in [5, 5.41) is 4.09. The molecular formula is C19H26N4O4S. The minimum absolute atomic E-state index is 0.135. The van der Waals surface area contributed by atoms with Gasteiger partial charge in [0, 0.05) is 32.1 Å². The average Bonchev–Trinajstić information content (AvgIpc) is 3.09. The SMILES string of the molecule is Cc1ccccc1-c1noc(C[C@@H]2CCCN(C(=O)CN(C)S(C)(=O)=O)C2)n1. The van der Waals surface area contributed by atoms with Crippen LogP contribution in [0.25, 0.3) is 11.4 Å². The van der Waals surface area contributed by atoms with E-state index < -0.39 is 10.0 Å². The van der Waals surface area contributed by atoms with Crippen molar-refractivity contribution >= 4 is 15.9 Å². The van der Waals surface area contributed by atoms with Crippen molar-refractivity contribution in [2.24, 2.45) is 5.92 Å². The lowest BCUT2D eigenvalue weighted by molar-refractivity contribution is -0.133. The van der Waals surface area contributed by atoms with E-state index in [1.54, 1.807) is 4.90 Å². The number of rotatable bonds is 6. The lowest BCUT2D eigenvalue weighted by Gasteiger charge is -2.33. The van der Waals surface area contributed by atoms with Crippen molar-refractivity contribution in [2.45, 2.75) is 26.2 Å². The Morgan fingerprint density at radius 1 is 1.36 bits per heavy atom. The van der Waals surface area contributed by atoms with E-state index in [0.717, 1.165) is 34.5 Å². The first-order valence-corrected chi connectivity index (χ1v) is 11.2. The molecule has 0 saturated carbocycles. The van der Waals surface area contributed by atoms with Crippen LogP contribution in [0.2, 0.25) is 0 Å². The summed E-state index contributed by atoms with van der Waals surface area (Å²) in [6.45, 7) is 3.08. The molecule has 1 aliphatic heterocycles. The number of aromatic nitrogens is 2. The van der Waals surface area contributed by atoms with Crippen LogP contribution in [0.1, 0.15) is 24.3 Å². The van der Waals surface area contributed by atoms with E-state index in [2.05, 4.69) is 10.1 Å². The lowest BCUT2D eigenvalue weighted by Crippen LogP contribution is -2.45. The maximum atomic E-state index is 12.4. The molecule has 2 heterocycles. The van der Waals surface area contributed by atoms with Crippen molar-refractivity contribution in [1.29, 1.82) is 0 Å². The number of hydrogen-bond donors (Lipinski definition) is 0. The molecule has 9 heteroatoms. The molecule has 28 heavy (non-hydrogen) atoms. The molecule has 152 valence electrons. The molecule has 1 aromatic heterocycles. The number of carbonyl (C=O) groups excluding carboxylic acids is 1. The third kappa shape index (κ3) is 4.96. The van der Waals surface area contributed by atoms with Crippen LogP contribution in [0.3, 0.4) is 0 Å². The molecule has 2 aromatic rings. The largest absolute Gasteiger partial charge is 0.341 e. The number of nitrogens with zero attached hydrogens (tertiary/aromatic N) is 4. The van der Waals surface area contributed by atoms with Gasteiger partial charge in [-0.3, -0.25) is 4.79 Å². The van der Waals surface area contributed by atoms with Crippen LogP contribution in [0.15, 0.2) is 28.8 Å². The topological polar surface area (TPSA) is 96.6 Å². The van der Waals surface area contributed by atoms with Gasteiger partial charge in [0.15, 0.2) is 0 Å². The molecule has 0 aliphatic carbocycles. The molecule has 8 nitrogen and oxygen atoms in total. The molecule has 1 aliphatic rings. The summed E-state index contributed by atoms with van der Waals surface area (Å²) in [5.74, 6) is 1.17. The van der Waals surface area contributed by atoms with Gasteiger partial charge in [0.1, 0.15) is 0 Å². The number of carbonyl (C=O) groups is 1. The van der Waals surface area contributed by atoms with E-state index in [1.165, 1.54) is 7.05 Å². The molecule has 0 radical (unpaired) electrons. The molecule has 1 aromatic carbocycles. The molecule has 3 rings (SSSR count). The second kappa shape index (κ2) is 8.40. The van der Waals surface area contributed by atoms with Gasteiger partial charge in [-0.1, -0.05) is 29.4 Å². The minimum Gasteiger partial charge on any atom is -0.341 e. The quantitative estimate of drug-likeness (QED) is 0.725. The number of amides is 1. The Kier molecular flexibility index (Phi) is 6.14. The zero-order valence-electron chi connectivity index (χ0n) is 16.5. The maximum absolute atomic E-state index is 12.4. The molecule has 0 bridgehead atoms. The van der Waals surface area contributed by atoms with Gasteiger partial charge in [-0.25, -0.2) is 8.42 Å². The van der Waals surface area contributed by atoms with Gasteiger partial charge in [0.25, 0.3) is 0 Å².